The first-order chi connectivity index (χ1) is 13.7. The van der Waals surface area contributed by atoms with E-state index in [0.29, 0.717) is 5.57 Å². The molecule has 0 radical (unpaired) electrons. The largest absolute Gasteiger partial charge is 0.394 e. The molecule has 29 heavy (non-hydrogen) atoms. The van der Waals surface area contributed by atoms with Crippen LogP contribution in [0.15, 0.2) is 42.0 Å². The Bertz CT molecular complexity index is 866. The van der Waals surface area contributed by atoms with Gasteiger partial charge in [-0.15, -0.1) is 0 Å². The molecule has 0 unspecified atom stereocenters. The van der Waals surface area contributed by atoms with E-state index in [0.717, 1.165) is 33.5 Å². The number of nitrogens with one attached hydrogen (secondary N) is 2. The van der Waals surface area contributed by atoms with Gasteiger partial charge in [0.05, 0.1) is 19.3 Å². The molecule has 0 heterocycles. The summed E-state index contributed by atoms with van der Waals surface area (Å²) in [6.45, 7) is 9.59. The molecule has 0 atom stereocenters. The molecule has 4 N–H and O–H groups in total. The molecule has 0 aromatic heterocycles. The lowest BCUT2D eigenvalue weighted by Gasteiger charge is -2.16. The Morgan fingerprint density at radius 3 is 2.21 bits per heavy atom. The third kappa shape index (κ3) is 6.17. The van der Waals surface area contributed by atoms with Gasteiger partial charge in [-0.2, -0.15) is 0 Å². The van der Waals surface area contributed by atoms with Crippen LogP contribution in [-0.4, -0.2) is 41.4 Å². The summed E-state index contributed by atoms with van der Waals surface area (Å²) in [5.41, 5.74) is 7.03. The molecule has 5 nitrogen and oxygen atoms in total. The van der Waals surface area contributed by atoms with Crippen molar-refractivity contribution in [2.45, 2.75) is 46.7 Å². The minimum absolute atomic E-state index is 0.0479. The first-order valence-electron chi connectivity index (χ1n) is 9.94. The molecule has 0 aliphatic rings. The molecule has 2 aromatic carbocycles. The number of carbonyl (C=O) groups is 1. The number of hydrogen-bond donors (Lipinski definition) is 4. The monoisotopic (exact) mass is 396 g/mol. The zero-order valence-corrected chi connectivity index (χ0v) is 17.9. The van der Waals surface area contributed by atoms with Crippen molar-refractivity contribution in [3.05, 3.63) is 58.7 Å². The first-order valence-corrected chi connectivity index (χ1v) is 9.94. The number of rotatable bonds is 8. The van der Waals surface area contributed by atoms with E-state index in [4.69, 9.17) is 0 Å². The number of amides is 1. The van der Waals surface area contributed by atoms with Crippen molar-refractivity contribution in [3.8, 4) is 11.1 Å². The second-order valence-electron chi connectivity index (χ2n) is 7.76. The number of benzene rings is 2. The summed E-state index contributed by atoms with van der Waals surface area (Å²) in [5.74, 6) is -0.0479. The van der Waals surface area contributed by atoms with Crippen LogP contribution in [0, 0.1) is 13.8 Å². The maximum absolute atomic E-state index is 12.2. The van der Waals surface area contributed by atoms with Crippen LogP contribution in [0.5, 0.6) is 0 Å². The standard InChI is InChI=1S/C24H32N2O3/c1-15(2)25-24(29)18(5)11-20-10-17(4)23(12-16(20)3)19-6-8-21(9-7-19)26-22(13-27)14-28/h6-12,15,22,26-28H,13-14H2,1-5H3,(H,25,29)/b18-11+. The lowest BCUT2D eigenvalue weighted by Crippen LogP contribution is -2.30. The lowest BCUT2D eigenvalue weighted by molar-refractivity contribution is -0.117. The van der Waals surface area contributed by atoms with Crippen LogP contribution in [0.3, 0.4) is 0 Å². The van der Waals surface area contributed by atoms with E-state index < -0.39 is 0 Å². The Labute approximate surface area is 173 Å². The summed E-state index contributed by atoms with van der Waals surface area (Å²) in [7, 11) is 0. The highest BCUT2D eigenvalue weighted by Crippen LogP contribution is 2.29. The normalized spacial score (nSPS) is 11.8. The van der Waals surface area contributed by atoms with E-state index in [2.05, 4.69) is 29.7 Å². The number of carbonyl (C=O) groups excluding carboxylic acids is 1. The fourth-order valence-electron chi connectivity index (χ4n) is 3.11. The smallest absolute Gasteiger partial charge is 0.247 e. The average Bonchev–Trinajstić information content (AvgIpc) is 2.68. The van der Waals surface area contributed by atoms with Crippen molar-refractivity contribution in [1.29, 1.82) is 0 Å². The number of aliphatic hydroxyl groups excluding tert-OH is 2. The Morgan fingerprint density at radius 2 is 1.66 bits per heavy atom. The summed E-state index contributed by atoms with van der Waals surface area (Å²) in [5, 5.41) is 24.4. The van der Waals surface area contributed by atoms with Gasteiger partial charge in [0.2, 0.25) is 5.91 Å². The molecule has 0 aliphatic carbocycles. The minimum atomic E-state index is -0.368. The fourth-order valence-corrected chi connectivity index (χ4v) is 3.11. The number of hydrogen-bond acceptors (Lipinski definition) is 4. The summed E-state index contributed by atoms with van der Waals surface area (Å²) < 4.78 is 0. The number of aliphatic hydroxyl groups is 2. The van der Waals surface area contributed by atoms with Crippen molar-refractivity contribution < 1.29 is 15.0 Å². The second kappa shape index (κ2) is 10.2. The van der Waals surface area contributed by atoms with Crippen molar-refractivity contribution in [1.82, 2.24) is 5.32 Å². The summed E-state index contributed by atoms with van der Waals surface area (Å²) in [6, 6.07) is 11.9. The van der Waals surface area contributed by atoms with Gasteiger partial charge >= 0.3 is 0 Å². The van der Waals surface area contributed by atoms with Gasteiger partial charge in [-0.1, -0.05) is 24.3 Å². The van der Waals surface area contributed by atoms with Gasteiger partial charge < -0.3 is 20.8 Å². The second-order valence-corrected chi connectivity index (χ2v) is 7.76. The predicted molar refractivity (Wildman–Crippen MR) is 120 cm³/mol. The van der Waals surface area contributed by atoms with Crippen molar-refractivity contribution in [2.24, 2.45) is 0 Å². The summed E-state index contributed by atoms with van der Waals surface area (Å²) >= 11 is 0. The van der Waals surface area contributed by atoms with Crippen LogP contribution >= 0.6 is 0 Å². The topological polar surface area (TPSA) is 81.6 Å². The molecule has 5 heteroatoms. The maximum Gasteiger partial charge on any atom is 0.247 e. The Kier molecular flexibility index (Phi) is 8.00. The third-order valence-corrected chi connectivity index (χ3v) is 4.77. The molecule has 0 fully saturated rings. The highest BCUT2D eigenvalue weighted by atomic mass is 16.3. The van der Waals surface area contributed by atoms with E-state index in [-0.39, 0.29) is 31.2 Å². The Hall–Kier alpha value is -2.63. The number of anilines is 1. The van der Waals surface area contributed by atoms with Gasteiger partial charge in [0.25, 0.3) is 0 Å². The highest BCUT2D eigenvalue weighted by molar-refractivity contribution is 5.97. The Balaban J connectivity index is 2.26. The van der Waals surface area contributed by atoms with Crippen LogP contribution in [-0.2, 0) is 4.79 Å². The van der Waals surface area contributed by atoms with E-state index in [1.165, 1.54) is 0 Å². The van der Waals surface area contributed by atoms with Crippen molar-refractivity contribution >= 4 is 17.7 Å². The molecular formula is C24H32N2O3. The van der Waals surface area contributed by atoms with Crippen LogP contribution in [0.2, 0.25) is 0 Å². The zero-order chi connectivity index (χ0) is 21.6. The third-order valence-electron chi connectivity index (χ3n) is 4.77. The van der Waals surface area contributed by atoms with Crippen molar-refractivity contribution in [3.63, 3.8) is 0 Å². The highest BCUT2D eigenvalue weighted by Gasteiger charge is 2.10. The quantitative estimate of drug-likeness (QED) is 0.513. The van der Waals surface area contributed by atoms with E-state index >= 15 is 0 Å². The van der Waals surface area contributed by atoms with E-state index in [1.54, 1.807) is 0 Å². The SMILES string of the molecule is C/C(=C\c1cc(C)c(-c2ccc(NC(CO)CO)cc2)cc1C)C(=O)NC(C)C. The van der Waals surface area contributed by atoms with Crippen LogP contribution < -0.4 is 10.6 Å². The van der Waals surface area contributed by atoms with Gasteiger partial charge in [0.1, 0.15) is 0 Å². The molecule has 0 saturated heterocycles. The van der Waals surface area contributed by atoms with Gasteiger partial charge in [-0.25, -0.2) is 0 Å². The zero-order valence-electron chi connectivity index (χ0n) is 17.9. The van der Waals surface area contributed by atoms with E-state index in [9.17, 15) is 15.0 Å². The first kappa shape index (κ1) is 22.7. The molecule has 156 valence electrons. The van der Waals surface area contributed by atoms with Gasteiger partial charge in [0, 0.05) is 17.3 Å². The molecule has 1 amide bonds. The van der Waals surface area contributed by atoms with Crippen LogP contribution in [0.1, 0.15) is 37.5 Å². The van der Waals surface area contributed by atoms with Gasteiger partial charge in [-0.05, 0) is 80.6 Å². The molecule has 0 aliphatic heterocycles. The van der Waals surface area contributed by atoms with Crippen LogP contribution in [0.25, 0.3) is 17.2 Å². The summed E-state index contributed by atoms with van der Waals surface area (Å²) in [6.07, 6.45) is 1.93. The Morgan fingerprint density at radius 1 is 1.03 bits per heavy atom. The van der Waals surface area contributed by atoms with Crippen LogP contribution in [0.4, 0.5) is 5.69 Å². The summed E-state index contributed by atoms with van der Waals surface area (Å²) in [4.78, 5) is 12.2. The molecule has 2 rings (SSSR count). The van der Waals surface area contributed by atoms with Crippen molar-refractivity contribution in [2.75, 3.05) is 18.5 Å². The maximum atomic E-state index is 12.2. The molecule has 2 aromatic rings. The predicted octanol–water partition coefficient (Wildman–Crippen LogP) is 3.66. The molecule has 0 bridgehead atoms. The van der Waals surface area contributed by atoms with Gasteiger partial charge in [-0.3, -0.25) is 4.79 Å². The fraction of sp³-hybridized carbons (Fsp3) is 0.375. The minimum Gasteiger partial charge on any atom is -0.394 e. The average molecular weight is 397 g/mol. The lowest BCUT2D eigenvalue weighted by atomic mass is 9.94. The molecule has 0 spiro atoms. The molecular weight excluding hydrogens is 364 g/mol. The van der Waals surface area contributed by atoms with Gasteiger partial charge in [0.15, 0.2) is 0 Å². The van der Waals surface area contributed by atoms with E-state index in [1.807, 2.05) is 58.0 Å². The molecule has 0 saturated carbocycles. The number of aryl methyl sites for hydroxylation is 2.